The molecular weight excluding hydrogens is 460 g/mol. The second-order valence-corrected chi connectivity index (χ2v) is 8.75. The zero-order valence-electron chi connectivity index (χ0n) is 19.7. The van der Waals surface area contributed by atoms with Gasteiger partial charge in [0.2, 0.25) is 0 Å². The van der Waals surface area contributed by atoms with Crippen LogP contribution in [0, 0.1) is 24.5 Å². The highest BCUT2D eigenvalue weighted by Gasteiger charge is 2.38. The molecule has 35 heavy (non-hydrogen) atoms. The van der Waals surface area contributed by atoms with Crippen LogP contribution in [0.25, 0.3) is 11.3 Å². The monoisotopic (exact) mass is 489 g/mol. The second-order valence-electron chi connectivity index (χ2n) is 8.75. The summed E-state index contributed by atoms with van der Waals surface area (Å²) < 4.78 is 34.1. The summed E-state index contributed by atoms with van der Waals surface area (Å²) in [5, 5.41) is 30.5. The number of aromatic nitrogens is 4. The number of anilines is 1. The fourth-order valence-corrected chi connectivity index (χ4v) is 4.45. The molecule has 3 heterocycles. The molecule has 0 saturated carbocycles. The summed E-state index contributed by atoms with van der Waals surface area (Å²) in [5.74, 6) is -1.69. The van der Waals surface area contributed by atoms with E-state index < -0.39 is 29.8 Å². The summed E-state index contributed by atoms with van der Waals surface area (Å²) in [6.45, 7) is 2.20. The van der Waals surface area contributed by atoms with Gasteiger partial charge in [0.1, 0.15) is 0 Å². The number of urea groups is 1. The van der Waals surface area contributed by atoms with E-state index in [4.69, 9.17) is 4.74 Å². The molecule has 2 amide bonds. The number of halogens is 2. The maximum atomic E-state index is 13.9. The van der Waals surface area contributed by atoms with Crippen LogP contribution in [-0.4, -0.2) is 63.5 Å². The largest absolute Gasteiger partial charge is 0.389 e. The minimum absolute atomic E-state index is 0.125. The lowest BCUT2D eigenvalue weighted by Gasteiger charge is -2.21. The first-order valence-electron chi connectivity index (χ1n) is 11.2. The van der Waals surface area contributed by atoms with Crippen molar-refractivity contribution in [1.82, 2.24) is 30.6 Å². The van der Waals surface area contributed by atoms with Gasteiger partial charge in [-0.15, -0.1) is 0 Å². The Bertz CT molecular complexity index is 1180. The van der Waals surface area contributed by atoms with Crippen molar-refractivity contribution in [3.8, 4) is 11.3 Å². The molecule has 12 heteroatoms. The Kier molecular flexibility index (Phi) is 7.43. The Morgan fingerprint density at radius 3 is 2.86 bits per heavy atom. The van der Waals surface area contributed by atoms with Crippen molar-refractivity contribution in [2.24, 2.45) is 13.0 Å². The van der Waals surface area contributed by atoms with Crippen LogP contribution in [0.1, 0.15) is 23.6 Å². The van der Waals surface area contributed by atoms with Crippen LogP contribution in [0.2, 0.25) is 0 Å². The first kappa shape index (κ1) is 24.8. The van der Waals surface area contributed by atoms with Gasteiger partial charge < -0.3 is 20.5 Å². The highest BCUT2D eigenvalue weighted by atomic mass is 19.2. The molecule has 4 rings (SSSR count). The molecule has 1 aromatic carbocycles. The smallest absolute Gasteiger partial charge is 0.320 e. The summed E-state index contributed by atoms with van der Waals surface area (Å²) in [5.41, 5.74) is 2.89. The molecule has 188 valence electrons. The summed E-state index contributed by atoms with van der Waals surface area (Å²) in [6.07, 6.45) is 3.25. The minimum atomic E-state index is -0.951. The zero-order valence-corrected chi connectivity index (χ0v) is 19.7. The van der Waals surface area contributed by atoms with Crippen LogP contribution < -0.4 is 16.0 Å². The molecule has 4 atom stereocenters. The molecule has 1 fully saturated rings. The van der Waals surface area contributed by atoms with E-state index in [0.717, 1.165) is 29.0 Å². The van der Waals surface area contributed by atoms with E-state index >= 15 is 0 Å². The topological polar surface area (TPSA) is 129 Å². The molecule has 1 saturated heterocycles. The first-order chi connectivity index (χ1) is 16.8. The molecule has 10 nitrogen and oxygen atoms in total. The van der Waals surface area contributed by atoms with Gasteiger partial charge in [-0.05, 0) is 37.0 Å². The number of methoxy groups -OCH3 is 1. The van der Waals surface area contributed by atoms with E-state index in [1.165, 1.54) is 13.2 Å². The van der Waals surface area contributed by atoms with Crippen molar-refractivity contribution in [1.29, 1.82) is 0 Å². The van der Waals surface area contributed by atoms with E-state index in [1.807, 2.05) is 20.2 Å². The number of nitrogens with one attached hydrogen (secondary N) is 4. The van der Waals surface area contributed by atoms with Crippen LogP contribution in [0.15, 0.2) is 30.6 Å². The number of aryl methyl sites for hydroxylation is 1. The number of carbonyl (C=O) groups is 1. The molecule has 0 radical (unpaired) electrons. The van der Waals surface area contributed by atoms with Crippen LogP contribution >= 0.6 is 0 Å². The van der Waals surface area contributed by atoms with E-state index in [1.54, 1.807) is 10.9 Å². The number of hydrogen-bond donors (Lipinski definition) is 5. The SMILES string of the molecule is COCC(O)[C@H]1C[C@@H](CNC(=O)Nc2n[nH]c(-c3cnn(C)c3)c2C)[C@H](c2ccc(F)c(F)c2)N1. The number of carbonyl (C=O) groups excluding carboxylic acids is 1. The molecule has 1 aliphatic rings. The number of hydrogen-bond acceptors (Lipinski definition) is 6. The number of aliphatic hydroxyl groups is 1. The fraction of sp³-hybridized carbons (Fsp3) is 0.435. The van der Waals surface area contributed by atoms with Gasteiger partial charge in [0.15, 0.2) is 17.5 Å². The van der Waals surface area contributed by atoms with Gasteiger partial charge >= 0.3 is 6.03 Å². The van der Waals surface area contributed by atoms with Gasteiger partial charge in [-0.3, -0.25) is 15.1 Å². The van der Waals surface area contributed by atoms with E-state index in [-0.39, 0.29) is 25.1 Å². The van der Waals surface area contributed by atoms with Crippen molar-refractivity contribution < 1.29 is 23.4 Å². The highest BCUT2D eigenvalue weighted by Crippen LogP contribution is 2.34. The molecule has 2 aromatic heterocycles. The Hall–Kier alpha value is -3.35. The first-order valence-corrected chi connectivity index (χ1v) is 11.2. The average molecular weight is 490 g/mol. The molecule has 1 aliphatic heterocycles. The van der Waals surface area contributed by atoms with E-state index in [9.17, 15) is 18.7 Å². The molecule has 5 N–H and O–H groups in total. The number of nitrogens with zero attached hydrogens (tertiary/aromatic N) is 3. The quantitative estimate of drug-likeness (QED) is 0.330. The predicted molar refractivity (Wildman–Crippen MR) is 125 cm³/mol. The van der Waals surface area contributed by atoms with Gasteiger partial charge in [-0.2, -0.15) is 10.2 Å². The van der Waals surface area contributed by atoms with E-state index in [0.29, 0.717) is 17.8 Å². The number of benzene rings is 1. The molecule has 0 aliphatic carbocycles. The molecule has 0 spiro atoms. The van der Waals surface area contributed by atoms with Crippen molar-refractivity contribution in [2.45, 2.75) is 31.5 Å². The van der Waals surface area contributed by atoms with Crippen molar-refractivity contribution in [3.05, 3.63) is 53.4 Å². The van der Waals surface area contributed by atoms with Gasteiger partial charge in [0.25, 0.3) is 0 Å². The number of rotatable bonds is 8. The molecule has 0 bridgehead atoms. The highest BCUT2D eigenvalue weighted by molar-refractivity contribution is 5.90. The Labute approximate surface area is 201 Å². The van der Waals surface area contributed by atoms with Crippen LogP contribution in [0.3, 0.4) is 0 Å². The van der Waals surface area contributed by atoms with Gasteiger partial charge in [-0.1, -0.05) is 6.07 Å². The standard InChI is InChI=1S/C23H29F2N7O3/c1-12-20(15-9-27-32(2)10-15)30-31-22(12)29-23(34)26-8-14-7-18(19(33)11-35-3)28-21(14)13-4-5-16(24)17(25)6-13/h4-6,9-10,14,18-19,21,28,33H,7-8,11H2,1-3H3,(H3,26,29,30,31,34)/t14-,18+,19?,21-/m0/s1. The lowest BCUT2D eigenvalue weighted by molar-refractivity contribution is 0.0419. The number of aromatic amines is 1. The number of amides is 2. The Morgan fingerprint density at radius 1 is 1.37 bits per heavy atom. The maximum absolute atomic E-state index is 13.9. The molecular formula is C23H29F2N7O3. The summed E-state index contributed by atoms with van der Waals surface area (Å²) in [7, 11) is 3.30. The number of aliphatic hydroxyl groups excluding tert-OH is 1. The summed E-state index contributed by atoms with van der Waals surface area (Å²) >= 11 is 0. The normalized spacial score (nSPS) is 20.7. The van der Waals surface area contributed by atoms with Crippen LogP contribution in [0.4, 0.5) is 19.4 Å². The lowest BCUT2D eigenvalue weighted by Crippen LogP contribution is -2.38. The van der Waals surface area contributed by atoms with Gasteiger partial charge in [-0.25, -0.2) is 13.6 Å². The Morgan fingerprint density at radius 2 is 2.17 bits per heavy atom. The third-order valence-corrected chi connectivity index (χ3v) is 6.29. The Balaban J connectivity index is 1.43. The van der Waals surface area contributed by atoms with Gasteiger partial charge in [0, 0.05) is 50.1 Å². The van der Waals surface area contributed by atoms with Crippen molar-refractivity contribution in [2.75, 3.05) is 25.6 Å². The van der Waals surface area contributed by atoms with Gasteiger partial charge in [0.05, 0.1) is 24.6 Å². The zero-order chi connectivity index (χ0) is 25.1. The summed E-state index contributed by atoms with van der Waals surface area (Å²) in [6, 6.07) is 2.52. The van der Waals surface area contributed by atoms with E-state index in [2.05, 4.69) is 31.2 Å². The molecule has 3 aromatic rings. The number of H-pyrrole nitrogens is 1. The van der Waals surface area contributed by atoms with Crippen molar-refractivity contribution in [3.63, 3.8) is 0 Å². The number of ether oxygens (including phenoxy) is 1. The molecule has 1 unspecified atom stereocenters. The maximum Gasteiger partial charge on any atom is 0.320 e. The minimum Gasteiger partial charge on any atom is -0.389 e. The third kappa shape index (κ3) is 5.50. The van der Waals surface area contributed by atoms with Crippen molar-refractivity contribution >= 4 is 11.8 Å². The van der Waals surface area contributed by atoms with Crippen LogP contribution in [-0.2, 0) is 11.8 Å². The fourth-order valence-electron chi connectivity index (χ4n) is 4.45. The second kappa shape index (κ2) is 10.5. The average Bonchev–Trinajstić information content (AvgIpc) is 3.54. The third-order valence-electron chi connectivity index (χ3n) is 6.29. The predicted octanol–water partition coefficient (Wildman–Crippen LogP) is 2.25. The lowest BCUT2D eigenvalue weighted by atomic mass is 9.92. The van der Waals surface area contributed by atoms with Crippen LogP contribution in [0.5, 0.6) is 0 Å². The summed E-state index contributed by atoms with van der Waals surface area (Å²) in [4.78, 5) is 12.6.